The SMILES string of the molecule is C=CC(O)Nc1cc(Nc2nccc(-n3nc(C)c4ccc(C#N)cc43)n2)c(OC)cc1N(C)CCN(C)C. The van der Waals surface area contributed by atoms with E-state index < -0.39 is 6.23 Å². The first kappa shape index (κ1) is 27.4. The van der Waals surface area contributed by atoms with Crippen LogP contribution in [0.15, 0.2) is 55.3 Å². The largest absolute Gasteiger partial charge is 0.494 e. The topological polar surface area (TPSA) is 127 Å². The Bertz CT molecular complexity index is 1520. The molecule has 4 aromatic rings. The summed E-state index contributed by atoms with van der Waals surface area (Å²) in [4.78, 5) is 13.3. The van der Waals surface area contributed by atoms with Gasteiger partial charge in [0.15, 0.2) is 5.82 Å². The van der Waals surface area contributed by atoms with Crippen LogP contribution in [0.25, 0.3) is 16.7 Å². The third kappa shape index (κ3) is 6.09. The molecule has 1 unspecified atom stereocenters. The number of hydrogen-bond acceptors (Lipinski definition) is 10. The number of aliphatic hydroxyl groups is 1. The maximum absolute atomic E-state index is 10.3. The van der Waals surface area contributed by atoms with Crippen molar-refractivity contribution in [2.75, 3.05) is 56.9 Å². The Morgan fingerprint density at radius 3 is 2.67 bits per heavy atom. The summed E-state index contributed by atoms with van der Waals surface area (Å²) in [7, 11) is 7.62. The molecule has 0 aliphatic rings. The van der Waals surface area contributed by atoms with E-state index in [4.69, 9.17) is 4.74 Å². The van der Waals surface area contributed by atoms with E-state index in [1.807, 2.05) is 46.3 Å². The summed E-state index contributed by atoms with van der Waals surface area (Å²) in [5.74, 6) is 1.45. The molecule has 0 aliphatic heterocycles. The van der Waals surface area contributed by atoms with E-state index in [0.717, 1.165) is 35.4 Å². The highest BCUT2D eigenvalue weighted by atomic mass is 16.5. The zero-order chi connectivity index (χ0) is 28.1. The summed E-state index contributed by atoms with van der Waals surface area (Å²) in [5, 5.41) is 31.5. The van der Waals surface area contributed by atoms with E-state index in [2.05, 4.69) is 48.1 Å². The monoisotopic (exact) mass is 527 g/mol. The molecule has 2 heterocycles. The van der Waals surface area contributed by atoms with E-state index in [0.29, 0.717) is 34.5 Å². The van der Waals surface area contributed by atoms with Gasteiger partial charge in [0, 0.05) is 43.9 Å². The third-order valence-electron chi connectivity index (χ3n) is 6.24. The molecule has 39 heavy (non-hydrogen) atoms. The second kappa shape index (κ2) is 11.8. The summed E-state index contributed by atoms with van der Waals surface area (Å²) >= 11 is 0. The number of aliphatic hydroxyl groups excluding tert-OH is 1. The number of nitrogens with one attached hydrogen (secondary N) is 2. The lowest BCUT2D eigenvalue weighted by Gasteiger charge is -2.27. The van der Waals surface area contributed by atoms with Gasteiger partial charge in [-0.05, 0) is 51.4 Å². The van der Waals surface area contributed by atoms with E-state index in [1.165, 1.54) is 6.08 Å². The first-order valence-electron chi connectivity index (χ1n) is 12.4. The maximum Gasteiger partial charge on any atom is 0.229 e. The van der Waals surface area contributed by atoms with Crippen molar-refractivity contribution in [3.63, 3.8) is 0 Å². The Morgan fingerprint density at radius 1 is 1.18 bits per heavy atom. The van der Waals surface area contributed by atoms with Crippen molar-refractivity contribution in [2.24, 2.45) is 0 Å². The van der Waals surface area contributed by atoms with Crippen LogP contribution in [-0.2, 0) is 0 Å². The molecule has 2 aromatic heterocycles. The van der Waals surface area contributed by atoms with Crippen LogP contribution in [0.2, 0.25) is 0 Å². The minimum absolute atomic E-state index is 0.326. The molecule has 202 valence electrons. The summed E-state index contributed by atoms with van der Waals surface area (Å²) in [6.07, 6.45) is 2.11. The molecular weight excluding hydrogens is 494 g/mol. The van der Waals surface area contributed by atoms with Gasteiger partial charge in [0.05, 0.1) is 47.0 Å². The molecule has 0 saturated carbocycles. The number of rotatable bonds is 11. The number of nitriles is 1. The molecule has 11 heteroatoms. The molecule has 0 saturated heterocycles. The summed E-state index contributed by atoms with van der Waals surface area (Å²) < 4.78 is 7.41. The molecular formula is C28H33N9O2. The highest BCUT2D eigenvalue weighted by Gasteiger charge is 2.17. The lowest BCUT2D eigenvalue weighted by atomic mass is 10.1. The highest BCUT2D eigenvalue weighted by Crippen LogP contribution is 2.38. The van der Waals surface area contributed by atoms with Gasteiger partial charge in [0.25, 0.3) is 0 Å². The average Bonchev–Trinajstić information content (AvgIpc) is 3.27. The van der Waals surface area contributed by atoms with Crippen molar-refractivity contribution in [3.05, 3.63) is 66.5 Å². The normalized spacial score (nSPS) is 11.7. The second-order valence-electron chi connectivity index (χ2n) is 9.32. The van der Waals surface area contributed by atoms with Crippen molar-refractivity contribution >= 4 is 33.9 Å². The van der Waals surface area contributed by atoms with Crippen molar-refractivity contribution in [3.8, 4) is 17.6 Å². The van der Waals surface area contributed by atoms with E-state index in [9.17, 15) is 10.4 Å². The number of likely N-dealkylation sites (N-methyl/N-ethyl adjacent to an activating group) is 2. The molecule has 0 amide bonds. The Kier molecular flexibility index (Phi) is 8.29. The first-order valence-corrected chi connectivity index (χ1v) is 12.4. The Balaban J connectivity index is 1.72. The summed E-state index contributed by atoms with van der Waals surface area (Å²) in [6.45, 7) is 7.19. The number of methoxy groups -OCH3 is 1. The van der Waals surface area contributed by atoms with Crippen LogP contribution in [0.3, 0.4) is 0 Å². The lowest BCUT2D eigenvalue weighted by Crippen LogP contribution is -2.29. The molecule has 0 radical (unpaired) electrons. The van der Waals surface area contributed by atoms with Crippen molar-refractivity contribution in [2.45, 2.75) is 13.2 Å². The minimum atomic E-state index is -0.943. The van der Waals surface area contributed by atoms with E-state index >= 15 is 0 Å². The standard InChI is InChI=1S/C28H33N9O2/c1-7-27(38)31-21-15-22(25(39-6)16-24(21)36(5)13-12-35(3)4)32-28-30-11-10-26(33-28)37-23-14-19(17-29)8-9-20(23)18(2)34-37/h7-11,14-16,27,31,38H,1,12-13H2,2-6H3,(H,30,32,33). The van der Waals surface area contributed by atoms with Gasteiger partial charge in [-0.1, -0.05) is 6.58 Å². The highest BCUT2D eigenvalue weighted by molar-refractivity contribution is 5.84. The van der Waals surface area contributed by atoms with Crippen LogP contribution >= 0.6 is 0 Å². The molecule has 0 bridgehead atoms. The van der Waals surface area contributed by atoms with Crippen LogP contribution in [-0.4, -0.2) is 77.3 Å². The Hall–Kier alpha value is -4.66. The van der Waals surface area contributed by atoms with Crippen LogP contribution < -0.4 is 20.3 Å². The van der Waals surface area contributed by atoms with Gasteiger partial charge in [0.1, 0.15) is 12.0 Å². The molecule has 11 nitrogen and oxygen atoms in total. The maximum atomic E-state index is 10.3. The average molecular weight is 528 g/mol. The van der Waals surface area contributed by atoms with E-state index in [-0.39, 0.29) is 0 Å². The van der Waals surface area contributed by atoms with Gasteiger partial charge < -0.3 is 30.3 Å². The lowest BCUT2D eigenvalue weighted by molar-refractivity contribution is 0.253. The van der Waals surface area contributed by atoms with Gasteiger partial charge in [-0.3, -0.25) is 0 Å². The second-order valence-corrected chi connectivity index (χ2v) is 9.32. The quantitative estimate of drug-likeness (QED) is 0.196. The molecule has 0 spiro atoms. The van der Waals surface area contributed by atoms with Crippen LogP contribution in [0.1, 0.15) is 11.3 Å². The molecule has 1 atom stereocenters. The first-order chi connectivity index (χ1) is 18.7. The number of fused-ring (bicyclic) bond motifs is 1. The smallest absolute Gasteiger partial charge is 0.229 e. The van der Waals surface area contributed by atoms with E-state index in [1.54, 1.807) is 36.2 Å². The zero-order valence-corrected chi connectivity index (χ0v) is 22.8. The predicted octanol–water partition coefficient (Wildman–Crippen LogP) is 3.66. The number of anilines is 4. The van der Waals surface area contributed by atoms with Gasteiger partial charge in [-0.2, -0.15) is 15.3 Å². The van der Waals surface area contributed by atoms with Crippen molar-refractivity contribution < 1.29 is 9.84 Å². The van der Waals surface area contributed by atoms with Crippen LogP contribution in [0.5, 0.6) is 5.75 Å². The van der Waals surface area contributed by atoms with Crippen LogP contribution in [0.4, 0.5) is 23.0 Å². The van der Waals surface area contributed by atoms with Crippen molar-refractivity contribution in [1.82, 2.24) is 24.6 Å². The fourth-order valence-electron chi connectivity index (χ4n) is 4.12. The van der Waals surface area contributed by atoms with Gasteiger partial charge in [0.2, 0.25) is 5.95 Å². The number of benzene rings is 2. The number of aryl methyl sites for hydroxylation is 1. The predicted molar refractivity (Wildman–Crippen MR) is 154 cm³/mol. The zero-order valence-electron chi connectivity index (χ0n) is 22.8. The fourth-order valence-corrected chi connectivity index (χ4v) is 4.12. The summed E-state index contributed by atoms with van der Waals surface area (Å²) in [5.41, 5.74) is 4.28. The van der Waals surface area contributed by atoms with Crippen molar-refractivity contribution in [1.29, 1.82) is 5.26 Å². The Labute approximate surface area is 228 Å². The number of aromatic nitrogens is 4. The van der Waals surface area contributed by atoms with Gasteiger partial charge >= 0.3 is 0 Å². The summed E-state index contributed by atoms with van der Waals surface area (Å²) in [6, 6.07) is 13.1. The third-order valence-corrected chi connectivity index (χ3v) is 6.24. The van der Waals surface area contributed by atoms with Gasteiger partial charge in [-0.15, -0.1) is 0 Å². The minimum Gasteiger partial charge on any atom is -0.494 e. The number of nitrogens with zero attached hydrogens (tertiary/aromatic N) is 7. The molecule has 4 rings (SSSR count). The van der Waals surface area contributed by atoms with Gasteiger partial charge in [-0.25, -0.2) is 9.67 Å². The Morgan fingerprint density at radius 2 is 1.97 bits per heavy atom. The number of hydrogen-bond donors (Lipinski definition) is 3. The van der Waals surface area contributed by atoms with Crippen LogP contribution in [0, 0.1) is 18.3 Å². The molecule has 3 N–H and O–H groups in total. The fraction of sp³-hybridized carbons (Fsp3) is 0.286. The molecule has 0 fully saturated rings. The molecule has 0 aliphatic carbocycles. The molecule has 2 aromatic carbocycles. The number of ether oxygens (including phenoxy) is 1.